The lowest BCUT2D eigenvalue weighted by molar-refractivity contribution is 0.0692. The Hall–Kier alpha value is -1.41. The second-order valence-electron chi connectivity index (χ2n) is 3.55. The van der Waals surface area contributed by atoms with Gasteiger partial charge in [0.05, 0.1) is 6.20 Å². The molecule has 0 aliphatic carbocycles. The lowest BCUT2D eigenvalue weighted by Crippen LogP contribution is -2.34. The molecule has 8 heteroatoms. The van der Waals surface area contributed by atoms with Crippen molar-refractivity contribution in [2.24, 2.45) is 0 Å². The van der Waals surface area contributed by atoms with Crippen molar-refractivity contribution >= 4 is 16.0 Å². The highest BCUT2D eigenvalue weighted by atomic mass is 32.2. The zero-order valence-corrected chi connectivity index (χ0v) is 10.4. The molecule has 1 aromatic heterocycles. The third kappa shape index (κ3) is 3.04. The Labute approximate surface area is 99.3 Å². The first-order valence-electron chi connectivity index (χ1n) is 5.21. The van der Waals surface area contributed by atoms with Gasteiger partial charge in [-0.25, -0.2) is 17.9 Å². The molecule has 1 aromatic rings. The Morgan fingerprint density at radius 2 is 2.12 bits per heavy atom. The van der Waals surface area contributed by atoms with Gasteiger partial charge in [0.1, 0.15) is 5.56 Å². The van der Waals surface area contributed by atoms with Crippen molar-refractivity contribution < 1.29 is 18.3 Å². The number of carbonyl (C=O) groups is 1. The molecule has 7 nitrogen and oxygen atoms in total. The van der Waals surface area contributed by atoms with Gasteiger partial charge in [0.25, 0.3) is 10.0 Å². The monoisotopic (exact) mass is 261 g/mol. The number of aromatic carboxylic acids is 1. The van der Waals surface area contributed by atoms with Crippen LogP contribution in [0.15, 0.2) is 11.2 Å². The summed E-state index contributed by atoms with van der Waals surface area (Å²) < 4.78 is 26.2. The zero-order chi connectivity index (χ0) is 13.1. The molecule has 17 heavy (non-hydrogen) atoms. The van der Waals surface area contributed by atoms with E-state index in [1.54, 1.807) is 0 Å². The van der Waals surface area contributed by atoms with E-state index in [9.17, 15) is 13.2 Å². The minimum absolute atomic E-state index is 0.218. The molecule has 0 aliphatic heterocycles. The highest BCUT2D eigenvalue weighted by Crippen LogP contribution is 2.13. The summed E-state index contributed by atoms with van der Waals surface area (Å²) in [6.45, 7) is 3.70. The third-order valence-electron chi connectivity index (χ3n) is 2.41. The molecule has 0 spiro atoms. The Morgan fingerprint density at radius 3 is 2.59 bits per heavy atom. The SMILES string of the molecule is CCC(CC)NS(=O)(=O)c1[nH]ncc1C(=O)O. The predicted octanol–water partition coefficient (Wildman–Crippen LogP) is 0.575. The van der Waals surface area contributed by atoms with E-state index in [-0.39, 0.29) is 11.6 Å². The number of carboxylic acids is 1. The second kappa shape index (κ2) is 5.28. The lowest BCUT2D eigenvalue weighted by Gasteiger charge is -2.14. The summed E-state index contributed by atoms with van der Waals surface area (Å²) in [7, 11) is -3.86. The standard InChI is InChI=1S/C9H15N3O4S/c1-3-6(4-2)12-17(15,16)8-7(9(13)14)5-10-11-8/h5-6,12H,3-4H2,1-2H3,(H,10,11)(H,13,14). The maximum Gasteiger partial charge on any atom is 0.340 e. The number of aromatic nitrogens is 2. The van der Waals surface area contributed by atoms with Crippen molar-refractivity contribution in [3.8, 4) is 0 Å². The van der Waals surface area contributed by atoms with Crippen LogP contribution >= 0.6 is 0 Å². The number of aromatic amines is 1. The molecule has 0 atom stereocenters. The van der Waals surface area contributed by atoms with Crippen LogP contribution in [0.1, 0.15) is 37.0 Å². The Bertz CT molecular complexity index is 490. The molecule has 96 valence electrons. The number of carboxylic acid groups (broad SMARTS) is 1. The number of hydrogen-bond donors (Lipinski definition) is 3. The molecule has 1 rings (SSSR count). The fourth-order valence-corrected chi connectivity index (χ4v) is 2.86. The van der Waals surface area contributed by atoms with E-state index in [2.05, 4.69) is 14.9 Å². The van der Waals surface area contributed by atoms with Gasteiger partial charge in [-0.1, -0.05) is 13.8 Å². The molecule has 3 N–H and O–H groups in total. The van der Waals surface area contributed by atoms with E-state index in [1.807, 2.05) is 13.8 Å². The summed E-state index contributed by atoms with van der Waals surface area (Å²) >= 11 is 0. The largest absolute Gasteiger partial charge is 0.478 e. The fourth-order valence-electron chi connectivity index (χ4n) is 1.37. The molecular weight excluding hydrogens is 246 g/mol. The van der Waals surface area contributed by atoms with Crippen molar-refractivity contribution in [3.05, 3.63) is 11.8 Å². The van der Waals surface area contributed by atoms with Gasteiger partial charge >= 0.3 is 5.97 Å². The van der Waals surface area contributed by atoms with Crippen LogP contribution in [0.5, 0.6) is 0 Å². The summed E-state index contributed by atoms with van der Waals surface area (Å²) in [4.78, 5) is 10.8. The van der Waals surface area contributed by atoms with Crippen LogP contribution in [0, 0.1) is 0 Å². The molecule has 0 unspecified atom stereocenters. The zero-order valence-electron chi connectivity index (χ0n) is 9.60. The number of nitrogens with one attached hydrogen (secondary N) is 2. The number of H-pyrrole nitrogens is 1. The number of nitrogens with zero attached hydrogens (tertiary/aromatic N) is 1. The van der Waals surface area contributed by atoms with Gasteiger partial charge in [0, 0.05) is 6.04 Å². The molecular formula is C9H15N3O4S. The summed E-state index contributed by atoms with van der Waals surface area (Å²) in [5, 5.41) is 14.1. The Morgan fingerprint density at radius 1 is 1.53 bits per heavy atom. The smallest absolute Gasteiger partial charge is 0.340 e. The summed E-state index contributed by atoms with van der Waals surface area (Å²) in [5.74, 6) is -1.33. The third-order valence-corrected chi connectivity index (χ3v) is 3.90. The maximum atomic E-state index is 11.9. The van der Waals surface area contributed by atoms with Gasteiger partial charge in [-0.2, -0.15) is 5.10 Å². The maximum absolute atomic E-state index is 11.9. The second-order valence-corrected chi connectivity index (χ2v) is 5.20. The highest BCUT2D eigenvalue weighted by Gasteiger charge is 2.26. The van der Waals surface area contributed by atoms with E-state index in [0.717, 1.165) is 6.20 Å². The van der Waals surface area contributed by atoms with Gasteiger partial charge in [0.15, 0.2) is 5.03 Å². The van der Waals surface area contributed by atoms with Crippen LogP contribution < -0.4 is 4.72 Å². The molecule has 0 saturated heterocycles. The van der Waals surface area contributed by atoms with Crippen molar-refractivity contribution in [2.75, 3.05) is 0 Å². The average Bonchev–Trinajstić information content (AvgIpc) is 2.75. The molecule has 0 radical (unpaired) electrons. The number of rotatable bonds is 6. The van der Waals surface area contributed by atoms with Crippen LogP contribution in [0.3, 0.4) is 0 Å². The molecule has 0 bridgehead atoms. The first-order chi connectivity index (χ1) is 7.92. The highest BCUT2D eigenvalue weighted by molar-refractivity contribution is 7.89. The molecule has 1 heterocycles. The van der Waals surface area contributed by atoms with Crippen molar-refractivity contribution in [3.63, 3.8) is 0 Å². The van der Waals surface area contributed by atoms with Crippen LogP contribution in [0.25, 0.3) is 0 Å². The van der Waals surface area contributed by atoms with Crippen molar-refractivity contribution in [2.45, 2.75) is 37.8 Å². The van der Waals surface area contributed by atoms with Gasteiger partial charge < -0.3 is 5.11 Å². The van der Waals surface area contributed by atoms with E-state index in [0.29, 0.717) is 12.8 Å². The first kappa shape index (κ1) is 13.7. The topological polar surface area (TPSA) is 112 Å². The minimum Gasteiger partial charge on any atom is -0.478 e. The van der Waals surface area contributed by atoms with Gasteiger partial charge in [-0.05, 0) is 12.8 Å². The lowest BCUT2D eigenvalue weighted by atomic mass is 10.2. The van der Waals surface area contributed by atoms with Gasteiger partial charge in [-0.3, -0.25) is 5.10 Å². The predicted molar refractivity (Wildman–Crippen MR) is 60.2 cm³/mol. The normalized spacial score (nSPS) is 11.9. The van der Waals surface area contributed by atoms with Crippen LogP contribution in [-0.2, 0) is 10.0 Å². The van der Waals surface area contributed by atoms with E-state index >= 15 is 0 Å². The Balaban J connectivity index is 3.05. The number of sulfonamides is 1. The van der Waals surface area contributed by atoms with Gasteiger partial charge in [-0.15, -0.1) is 0 Å². The fraction of sp³-hybridized carbons (Fsp3) is 0.556. The van der Waals surface area contributed by atoms with Crippen LogP contribution in [0.4, 0.5) is 0 Å². The minimum atomic E-state index is -3.86. The molecule has 0 fully saturated rings. The molecule has 0 aliphatic rings. The number of hydrogen-bond acceptors (Lipinski definition) is 4. The first-order valence-corrected chi connectivity index (χ1v) is 6.69. The van der Waals surface area contributed by atoms with Crippen molar-refractivity contribution in [1.82, 2.24) is 14.9 Å². The molecule has 0 saturated carbocycles. The molecule has 0 amide bonds. The summed E-state index contributed by atoms with van der Waals surface area (Å²) in [5.41, 5.74) is -0.358. The van der Waals surface area contributed by atoms with Crippen molar-refractivity contribution in [1.29, 1.82) is 0 Å². The van der Waals surface area contributed by atoms with Gasteiger partial charge in [0.2, 0.25) is 0 Å². The van der Waals surface area contributed by atoms with Crippen LogP contribution in [-0.4, -0.2) is 35.7 Å². The van der Waals surface area contributed by atoms with E-state index in [4.69, 9.17) is 5.11 Å². The van der Waals surface area contributed by atoms with E-state index < -0.39 is 21.0 Å². The van der Waals surface area contributed by atoms with E-state index in [1.165, 1.54) is 0 Å². The molecule has 0 aromatic carbocycles. The summed E-state index contributed by atoms with van der Waals surface area (Å²) in [6, 6.07) is -0.218. The summed E-state index contributed by atoms with van der Waals surface area (Å²) in [6.07, 6.45) is 2.24. The van der Waals surface area contributed by atoms with Crippen LogP contribution in [0.2, 0.25) is 0 Å². The Kier molecular flexibility index (Phi) is 4.24. The average molecular weight is 261 g/mol. The quantitative estimate of drug-likeness (QED) is 0.693.